The summed E-state index contributed by atoms with van der Waals surface area (Å²) in [5.41, 5.74) is 3.76. The highest BCUT2D eigenvalue weighted by atomic mass is 16.5. The molecule has 32 heavy (non-hydrogen) atoms. The van der Waals surface area contributed by atoms with Gasteiger partial charge in [0.2, 0.25) is 0 Å². The van der Waals surface area contributed by atoms with Crippen molar-refractivity contribution in [1.29, 1.82) is 0 Å². The molecule has 2 aromatic carbocycles. The van der Waals surface area contributed by atoms with Gasteiger partial charge in [0.25, 0.3) is 0 Å². The predicted molar refractivity (Wildman–Crippen MR) is 133 cm³/mol. The third-order valence-corrected chi connectivity index (χ3v) is 5.83. The molecule has 3 rings (SSSR count). The lowest BCUT2D eigenvalue weighted by molar-refractivity contribution is 0.239. The van der Waals surface area contributed by atoms with Crippen molar-refractivity contribution in [3.63, 3.8) is 0 Å². The van der Waals surface area contributed by atoms with Crippen molar-refractivity contribution in [3.05, 3.63) is 65.2 Å². The molecule has 1 atom stereocenters. The van der Waals surface area contributed by atoms with Gasteiger partial charge in [0, 0.05) is 25.2 Å². The molecule has 1 saturated heterocycles. The van der Waals surface area contributed by atoms with Gasteiger partial charge >= 0.3 is 0 Å². The van der Waals surface area contributed by atoms with Gasteiger partial charge in [0.05, 0.1) is 19.7 Å². The summed E-state index contributed by atoms with van der Waals surface area (Å²) in [5.74, 6) is 1.80. The summed E-state index contributed by atoms with van der Waals surface area (Å²) in [6.07, 6.45) is 2.51. The van der Waals surface area contributed by atoms with Crippen LogP contribution in [0.5, 0.6) is 5.75 Å². The van der Waals surface area contributed by atoms with Crippen LogP contribution >= 0.6 is 0 Å². The Labute approximate surface area is 193 Å². The second-order valence-electron chi connectivity index (χ2n) is 8.63. The molecule has 1 heterocycles. The Balaban J connectivity index is 1.69. The lowest BCUT2D eigenvalue weighted by Gasteiger charge is -2.30. The highest BCUT2D eigenvalue weighted by molar-refractivity contribution is 5.79. The van der Waals surface area contributed by atoms with E-state index in [1.54, 1.807) is 7.11 Å². The standard InChI is InChI=1S/C26H39N5O/c1-5-27-26(28-18-21-12-14-22(15-13-21)20-30(2)3)29-19-24(31-16-8-9-17-31)23-10-6-7-11-25(23)32-4/h6-7,10-15,24H,5,8-9,16-20H2,1-4H3,(H2,27,28,29). The summed E-state index contributed by atoms with van der Waals surface area (Å²) in [5, 5.41) is 6.99. The Kier molecular flexibility index (Phi) is 9.38. The number of guanidine groups is 1. The fourth-order valence-corrected chi connectivity index (χ4v) is 4.25. The van der Waals surface area contributed by atoms with Crippen LogP contribution in [0.25, 0.3) is 0 Å². The maximum atomic E-state index is 5.68. The van der Waals surface area contributed by atoms with Crippen molar-refractivity contribution in [1.82, 2.24) is 20.4 Å². The molecule has 2 aromatic rings. The third kappa shape index (κ3) is 6.97. The topological polar surface area (TPSA) is 52.1 Å². The van der Waals surface area contributed by atoms with Crippen molar-refractivity contribution >= 4 is 5.96 Å². The van der Waals surface area contributed by atoms with Gasteiger partial charge in [0.1, 0.15) is 5.75 Å². The SMILES string of the molecule is CCNC(=NCc1ccc(CN(C)C)cc1)NCC(c1ccccc1OC)N1CCCC1. The van der Waals surface area contributed by atoms with E-state index in [-0.39, 0.29) is 6.04 Å². The molecule has 0 bridgehead atoms. The third-order valence-electron chi connectivity index (χ3n) is 5.83. The zero-order valence-corrected chi connectivity index (χ0v) is 20.1. The van der Waals surface area contributed by atoms with E-state index in [2.05, 4.69) is 83.9 Å². The molecule has 2 N–H and O–H groups in total. The van der Waals surface area contributed by atoms with Crippen molar-refractivity contribution in [3.8, 4) is 5.75 Å². The number of benzene rings is 2. The maximum absolute atomic E-state index is 5.68. The molecule has 1 fully saturated rings. The quantitative estimate of drug-likeness (QED) is 0.439. The number of rotatable bonds is 10. The van der Waals surface area contributed by atoms with E-state index in [1.165, 1.54) is 29.5 Å². The lowest BCUT2D eigenvalue weighted by Crippen LogP contribution is -2.42. The molecule has 1 aliphatic heterocycles. The van der Waals surface area contributed by atoms with Gasteiger partial charge in [-0.25, -0.2) is 4.99 Å². The summed E-state index contributed by atoms with van der Waals surface area (Å²) < 4.78 is 5.68. The van der Waals surface area contributed by atoms with Gasteiger partial charge in [-0.3, -0.25) is 4.90 Å². The van der Waals surface area contributed by atoms with E-state index in [9.17, 15) is 0 Å². The Morgan fingerprint density at radius 3 is 2.38 bits per heavy atom. The van der Waals surface area contributed by atoms with Crippen molar-refractivity contribution in [2.24, 2.45) is 4.99 Å². The van der Waals surface area contributed by atoms with Crippen LogP contribution < -0.4 is 15.4 Å². The van der Waals surface area contributed by atoms with E-state index < -0.39 is 0 Å². The number of likely N-dealkylation sites (tertiary alicyclic amines) is 1. The molecule has 6 nitrogen and oxygen atoms in total. The van der Waals surface area contributed by atoms with Crippen molar-refractivity contribution in [2.45, 2.75) is 38.9 Å². The summed E-state index contributed by atoms with van der Waals surface area (Å²) >= 11 is 0. The van der Waals surface area contributed by atoms with E-state index in [4.69, 9.17) is 9.73 Å². The molecule has 0 spiro atoms. The number of ether oxygens (including phenoxy) is 1. The lowest BCUT2D eigenvalue weighted by atomic mass is 10.0. The van der Waals surface area contributed by atoms with E-state index >= 15 is 0 Å². The molecule has 0 saturated carbocycles. The fourth-order valence-electron chi connectivity index (χ4n) is 4.25. The molecular formula is C26H39N5O. The highest BCUT2D eigenvalue weighted by Gasteiger charge is 2.26. The smallest absolute Gasteiger partial charge is 0.191 e. The predicted octanol–water partition coefficient (Wildman–Crippen LogP) is 3.65. The molecule has 0 radical (unpaired) electrons. The molecule has 1 aliphatic rings. The normalized spacial score (nSPS) is 15.7. The van der Waals surface area contributed by atoms with Crippen LogP contribution in [0, 0.1) is 0 Å². The van der Waals surface area contributed by atoms with Crippen LogP contribution in [0.3, 0.4) is 0 Å². The first-order chi connectivity index (χ1) is 15.6. The minimum absolute atomic E-state index is 0.253. The van der Waals surface area contributed by atoms with Crippen LogP contribution in [0.2, 0.25) is 0 Å². The minimum Gasteiger partial charge on any atom is -0.496 e. The number of hydrogen-bond donors (Lipinski definition) is 2. The highest BCUT2D eigenvalue weighted by Crippen LogP contribution is 2.31. The van der Waals surface area contributed by atoms with Gasteiger partial charge in [-0.1, -0.05) is 42.5 Å². The fraction of sp³-hybridized carbons (Fsp3) is 0.500. The van der Waals surface area contributed by atoms with Gasteiger partial charge in [-0.2, -0.15) is 0 Å². The van der Waals surface area contributed by atoms with Crippen LogP contribution in [0.1, 0.15) is 42.5 Å². The average Bonchev–Trinajstić information content (AvgIpc) is 3.33. The first kappa shape index (κ1) is 24.1. The number of nitrogens with one attached hydrogen (secondary N) is 2. The Hall–Kier alpha value is -2.57. The zero-order valence-electron chi connectivity index (χ0n) is 20.1. The molecule has 174 valence electrons. The van der Waals surface area contributed by atoms with Crippen molar-refractivity contribution < 1.29 is 4.74 Å². The zero-order chi connectivity index (χ0) is 22.8. The largest absolute Gasteiger partial charge is 0.496 e. The Morgan fingerprint density at radius 2 is 1.72 bits per heavy atom. The van der Waals surface area contributed by atoms with Crippen LogP contribution in [-0.4, -0.2) is 63.1 Å². The second kappa shape index (κ2) is 12.5. The summed E-state index contributed by atoms with van der Waals surface area (Å²) in [4.78, 5) is 9.58. The molecule has 6 heteroatoms. The Bertz CT molecular complexity index is 844. The molecule has 0 aliphatic carbocycles. The maximum Gasteiger partial charge on any atom is 0.191 e. The van der Waals surface area contributed by atoms with Crippen LogP contribution in [-0.2, 0) is 13.1 Å². The summed E-state index contributed by atoms with van der Waals surface area (Å²) in [6, 6.07) is 17.4. The van der Waals surface area contributed by atoms with Gasteiger partial charge in [0.15, 0.2) is 5.96 Å². The molecule has 0 amide bonds. The first-order valence-corrected chi connectivity index (χ1v) is 11.7. The van der Waals surface area contributed by atoms with Gasteiger partial charge < -0.3 is 20.3 Å². The van der Waals surface area contributed by atoms with Gasteiger partial charge in [-0.05, 0) is 64.1 Å². The minimum atomic E-state index is 0.253. The summed E-state index contributed by atoms with van der Waals surface area (Å²) in [7, 11) is 5.93. The molecular weight excluding hydrogens is 398 g/mol. The second-order valence-corrected chi connectivity index (χ2v) is 8.63. The number of hydrogen-bond acceptors (Lipinski definition) is 4. The molecule has 0 aromatic heterocycles. The van der Waals surface area contributed by atoms with Crippen LogP contribution in [0.15, 0.2) is 53.5 Å². The monoisotopic (exact) mass is 437 g/mol. The average molecular weight is 438 g/mol. The van der Waals surface area contributed by atoms with Gasteiger partial charge in [-0.15, -0.1) is 0 Å². The number of nitrogens with zero attached hydrogens (tertiary/aromatic N) is 3. The van der Waals surface area contributed by atoms with E-state index in [0.717, 1.165) is 44.4 Å². The van der Waals surface area contributed by atoms with E-state index in [1.807, 2.05) is 6.07 Å². The van der Waals surface area contributed by atoms with Crippen LogP contribution in [0.4, 0.5) is 0 Å². The van der Waals surface area contributed by atoms with E-state index in [0.29, 0.717) is 6.54 Å². The van der Waals surface area contributed by atoms with Crippen molar-refractivity contribution in [2.75, 3.05) is 47.4 Å². The summed E-state index contributed by atoms with van der Waals surface area (Å²) in [6.45, 7) is 7.57. The number of para-hydroxylation sites is 1. The Morgan fingerprint density at radius 1 is 1.03 bits per heavy atom. The number of aliphatic imine (C=N–C) groups is 1. The first-order valence-electron chi connectivity index (χ1n) is 11.7. The molecule has 1 unspecified atom stereocenters. The number of methoxy groups -OCH3 is 1.